The molecule has 2 aliphatic rings. The van der Waals surface area contributed by atoms with Crippen LogP contribution >= 0.6 is 23.5 Å². The van der Waals surface area contributed by atoms with Crippen LogP contribution in [0.15, 0.2) is 0 Å². The molecule has 0 amide bonds. The van der Waals surface area contributed by atoms with E-state index < -0.39 is 0 Å². The molecular formula is C55H108O4S2. The van der Waals surface area contributed by atoms with Gasteiger partial charge in [0.15, 0.2) is 12.6 Å². The van der Waals surface area contributed by atoms with Gasteiger partial charge in [0.25, 0.3) is 0 Å². The molecule has 0 aliphatic carbocycles. The van der Waals surface area contributed by atoms with E-state index in [1.807, 2.05) is 0 Å². The second-order valence-electron chi connectivity index (χ2n) is 19.8. The minimum atomic E-state index is -0.119. The van der Waals surface area contributed by atoms with Crippen molar-refractivity contribution in [2.24, 2.45) is 5.41 Å². The molecule has 2 aliphatic heterocycles. The Morgan fingerprint density at radius 3 is 0.689 bits per heavy atom. The molecule has 0 atom stereocenters. The van der Waals surface area contributed by atoms with Gasteiger partial charge in [-0.2, -0.15) is 23.5 Å². The summed E-state index contributed by atoms with van der Waals surface area (Å²) in [4.78, 5) is 0. The van der Waals surface area contributed by atoms with Gasteiger partial charge < -0.3 is 18.9 Å². The Morgan fingerprint density at radius 1 is 0.279 bits per heavy atom. The first-order valence-corrected chi connectivity index (χ1v) is 30.2. The molecule has 0 saturated carbocycles. The van der Waals surface area contributed by atoms with E-state index in [-0.39, 0.29) is 18.0 Å². The van der Waals surface area contributed by atoms with Gasteiger partial charge in [-0.15, -0.1) is 0 Å². The lowest BCUT2D eigenvalue weighted by Crippen LogP contribution is -2.52. The maximum Gasteiger partial charge on any atom is 0.158 e. The lowest BCUT2D eigenvalue weighted by Gasteiger charge is -2.43. The fourth-order valence-corrected chi connectivity index (χ4v) is 11.2. The van der Waals surface area contributed by atoms with E-state index in [1.165, 1.54) is 268 Å². The molecule has 364 valence electrons. The highest BCUT2D eigenvalue weighted by Gasteiger charge is 2.41. The van der Waals surface area contributed by atoms with Crippen LogP contribution in [0.5, 0.6) is 0 Å². The van der Waals surface area contributed by atoms with Crippen LogP contribution < -0.4 is 0 Å². The van der Waals surface area contributed by atoms with E-state index >= 15 is 0 Å². The molecule has 0 N–H and O–H groups in total. The Kier molecular flexibility index (Phi) is 43.2. The van der Waals surface area contributed by atoms with Crippen LogP contribution in [0.1, 0.15) is 284 Å². The third-order valence-corrected chi connectivity index (χ3v) is 15.8. The smallest absolute Gasteiger partial charge is 0.158 e. The molecule has 0 aromatic rings. The normalized spacial score (nSPS) is 19.4. The van der Waals surface area contributed by atoms with Crippen molar-refractivity contribution in [2.45, 2.75) is 296 Å². The number of hydrogen-bond acceptors (Lipinski definition) is 6. The first kappa shape index (κ1) is 57.7. The summed E-state index contributed by atoms with van der Waals surface area (Å²) in [6, 6.07) is 0. The van der Waals surface area contributed by atoms with E-state index in [9.17, 15) is 0 Å². The Morgan fingerprint density at radius 2 is 0.475 bits per heavy atom. The van der Waals surface area contributed by atoms with Crippen molar-refractivity contribution in [3.8, 4) is 0 Å². The van der Waals surface area contributed by atoms with Crippen molar-refractivity contribution in [3.63, 3.8) is 0 Å². The van der Waals surface area contributed by atoms with Gasteiger partial charge in [0.1, 0.15) is 0 Å². The predicted octanol–water partition coefficient (Wildman–Crippen LogP) is 18.6. The lowest BCUT2D eigenvalue weighted by molar-refractivity contribution is -0.302. The van der Waals surface area contributed by atoms with Crippen LogP contribution in [0.25, 0.3) is 0 Å². The van der Waals surface area contributed by atoms with Gasteiger partial charge in [-0.1, -0.05) is 258 Å². The van der Waals surface area contributed by atoms with Gasteiger partial charge in [-0.25, -0.2) is 0 Å². The zero-order chi connectivity index (χ0) is 43.3. The number of hydrogen-bond donors (Lipinski definition) is 0. The van der Waals surface area contributed by atoms with E-state index in [0.717, 1.165) is 24.3 Å². The molecule has 2 rings (SSSR count). The van der Waals surface area contributed by atoms with E-state index in [0.29, 0.717) is 26.4 Å². The van der Waals surface area contributed by atoms with E-state index in [1.54, 1.807) is 0 Å². The predicted molar refractivity (Wildman–Crippen MR) is 274 cm³/mol. The largest absolute Gasteiger partial charge is 0.352 e. The van der Waals surface area contributed by atoms with Gasteiger partial charge in [0, 0.05) is 12.8 Å². The molecular weight excluding hydrogens is 789 g/mol. The molecule has 4 nitrogen and oxygen atoms in total. The molecule has 2 heterocycles. The van der Waals surface area contributed by atoms with Crippen molar-refractivity contribution in [3.05, 3.63) is 0 Å². The Bertz CT molecular complexity index is 772. The minimum Gasteiger partial charge on any atom is -0.352 e. The summed E-state index contributed by atoms with van der Waals surface area (Å²) < 4.78 is 24.7. The second kappa shape index (κ2) is 45.7. The highest BCUT2D eigenvalue weighted by Crippen LogP contribution is 2.32. The summed E-state index contributed by atoms with van der Waals surface area (Å²) in [5.41, 5.74) is -0.119. The van der Waals surface area contributed by atoms with Gasteiger partial charge in [-0.05, 0) is 35.9 Å². The molecule has 2 saturated heterocycles. The standard InChI is InChI=1S/C55H108O4S2/c1-3-5-7-9-11-13-15-17-19-21-23-25-27-29-31-33-35-37-39-41-45-60-47-43-53-56-49-55(50-57-53)51-58-54(59-52-55)44-48-61-46-42-40-38-36-34-32-30-28-26-24-22-20-18-16-14-12-10-8-6-4-2/h53-54H,3-52H2,1-2H3. The van der Waals surface area contributed by atoms with Crippen LogP contribution in [0.4, 0.5) is 0 Å². The van der Waals surface area contributed by atoms with Crippen LogP contribution in [0, 0.1) is 5.41 Å². The molecule has 0 aromatic heterocycles. The molecule has 6 heteroatoms. The van der Waals surface area contributed by atoms with Gasteiger partial charge in [-0.3, -0.25) is 0 Å². The van der Waals surface area contributed by atoms with E-state index in [4.69, 9.17) is 18.9 Å². The van der Waals surface area contributed by atoms with Crippen LogP contribution in [0.2, 0.25) is 0 Å². The fourth-order valence-electron chi connectivity index (χ4n) is 9.24. The molecule has 0 unspecified atom stereocenters. The minimum absolute atomic E-state index is 0.0592. The van der Waals surface area contributed by atoms with Gasteiger partial charge in [0.05, 0.1) is 31.8 Å². The van der Waals surface area contributed by atoms with Crippen molar-refractivity contribution in [2.75, 3.05) is 49.4 Å². The third kappa shape index (κ3) is 37.3. The Labute approximate surface area is 391 Å². The molecule has 2 fully saturated rings. The molecule has 0 radical (unpaired) electrons. The average molecular weight is 898 g/mol. The van der Waals surface area contributed by atoms with Crippen LogP contribution in [0.3, 0.4) is 0 Å². The lowest BCUT2D eigenvalue weighted by atomic mass is 9.90. The van der Waals surface area contributed by atoms with Gasteiger partial charge in [0.2, 0.25) is 0 Å². The molecule has 0 aromatic carbocycles. The summed E-state index contributed by atoms with van der Waals surface area (Å²) in [6.45, 7) is 7.40. The summed E-state index contributed by atoms with van der Waals surface area (Å²) in [7, 11) is 0. The zero-order valence-electron chi connectivity index (χ0n) is 41.5. The number of thioether (sulfide) groups is 2. The van der Waals surface area contributed by atoms with E-state index in [2.05, 4.69) is 37.4 Å². The van der Waals surface area contributed by atoms with Crippen molar-refractivity contribution < 1.29 is 18.9 Å². The van der Waals surface area contributed by atoms with Gasteiger partial charge >= 0.3 is 0 Å². The number of ether oxygens (including phenoxy) is 4. The first-order chi connectivity index (χ1) is 30.3. The molecule has 61 heavy (non-hydrogen) atoms. The molecule has 0 bridgehead atoms. The maximum atomic E-state index is 6.17. The van der Waals surface area contributed by atoms with Crippen molar-refractivity contribution in [1.82, 2.24) is 0 Å². The topological polar surface area (TPSA) is 36.9 Å². The number of rotatable bonds is 48. The van der Waals surface area contributed by atoms with Crippen molar-refractivity contribution in [1.29, 1.82) is 0 Å². The number of unbranched alkanes of at least 4 members (excludes halogenated alkanes) is 38. The second-order valence-corrected chi connectivity index (χ2v) is 22.3. The highest BCUT2D eigenvalue weighted by molar-refractivity contribution is 7.99. The monoisotopic (exact) mass is 897 g/mol. The quantitative estimate of drug-likeness (QED) is 0.0567. The first-order valence-electron chi connectivity index (χ1n) is 27.9. The summed E-state index contributed by atoms with van der Waals surface area (Å²) in [6.07, 6.45) is 59.7. The van der Waals surface area contributed by atoms with Crippen LogP contribution in [-0.4, -0.2) is 62.0 Å². The SMILES string of the molecule is CCCCCCCCCCCCCCCCCCCCCCSCCC1OCC2(CO1)COC(CCSCCCCCCCCCCCCCCCCCCCCCC)OC2. The summed E-state index contributed by atoms with van der Waals surface area (Å²) >= 11 is 4.15. The zero-order valence-corrected chi connectivity index (χ0v) is 43.1. The highest BCUT2D eigenvalue weighted by atomic mass is 32.2. The molecule has 1 spiro atoms. The van der Waals surface area contributed by atoms with Crippen LogP contribution in [-0.2, 0) is 18.9 Å². The van der Waals surface area contributed by atoms with Crippen molar-refractivity contribution >= 4 is 23.5 Å². The maximum absolute atomic E-state index is 6.17. The summed E-state index contributed by atoms with van der Waals surface area (Å²) in [5, 5.41) is 0. The Balaban J connectivity index is 1.23. The summed E-state index contributed by atoms with van der Waals surface area (Å²) in [5.74, 6) is 4.80. The fraction of sp³-hybridized carbons (Fsp3) is 1.00. The third-order valence-electron chi connectivity index (χ3n) is 13.6. The average Bonchev–Trinajstić information content (AvgIpc) is 3.28. The Hall–Kier alpha value is 0.540.